The van der Waals surface area contributed by atoms with Gasteiger partial charge >= 0.3 is 7.80 Å². The molecule has 0 amide bonds. The summed E-state index contributed by atoms with van der Waals surface area (Å²) in [5, 5.41) is 5.96. The van der Waals surface area contributed by atoms with Gasteiger partial charge in [0, 0.05) is 0 Å². The van der Waals surface area contributed by atoms with Gasteiger partial charge in [0.1, 0.15) is 0 Å². The van der Waals surface area contributed by atoms with E-state index >= 15 is 0 Å². The summed E-state index contributed by atoms with van der Waals surface area (Å²) in [7, 11) is -1.87. The van der Waals surface area contributed by atoms with Crippen molar-refractivity contribution in [3.63, 3.8) is 0 Å². The zero-order chi connectivity index (χ0) is 22.7. The lowest BCUT2D eigenvalue weighted by Gasteiger charge is -2.18. The second kappa shape index (κ2) is 12.0. The molecular formula is C30H25OP2+. The Morgan fingerprint density at radius 1 is 0.364 bits per heavy atom. The zero-order valence-electron chi connectivity index (χ0n) is 18.2. The largest absolute Gasteiger partial charge is 0.415 e. The Morgan fingerprint density at radius 3 is 0.879 bits per heavy atom. The van der Waals surface area contributed by atoms with Crippen molar-refractivity contribution in [1.82, 2.24) is 0 Å². The second-order valence-electron chi connectivity index (χ2n) is 7.31. The van der Waals surface area contributed by atoms with Gasteiger partial charge in [0.25, 0.3) is 0 Å². The van der Waals surface area contributed by atoms with Gasteiger partial charge in [0.05, 0.1) is 0 Å². The summed E-state index contributed by atoms with van der Waals surface area (Å²) in [5.41, 5.74) is 0. The number of rotatable bonds is 5. The summed E-state index contributed by atoms with van der Waals surface area (Å²) in [6.07, 6.45) is 0. The molecule has 5 rings (SSSR count). The minimum atomic E-state index is -1.42. The molecule has 0 radical (unpaired) electrons. The highest BCUT2D eigenvalue weighted by Crippen LogP contribution is 2.32. The Kier molecular flexibility index (Phi) is 8.31. The standard InChI is InChI=1S/C18H15P.C12H10OP/c1-4-10-16(11-5-1)19(17-12-6-2-7-13-17)18-14-8-3-9-15-18;13-14(11-7-3-1-4-8-11)12-9-5-2-6-10-12/h1-15H;1-10H/q;+1. The lowest BCUT2D eigenvalue weighted by Crippen LogP contribution is -2.20. The molecule has 0 aliphatic heterocycles. The first kappa shape index (κ1) is 22.8. The second-order valence-corrected chi connectivity index (χ2v) is 11.1. The van der Waals surface area contributed by atoms with Crippen LogP contribution in [-0.2, 0) is 4.57 Å². The van der Waals surface area contributed by atoms with E-state index in [1.165, 1.54) is 15.9 Å². The van der Waals surface area contributed by atoms with Crippen molar-refractivity contribution in [2.75, 3.05) is 0 Å². The van der Waals surface area contributed by atoms with Gasteiger partial charge < -0.3 is 0 Å². The van der Waals surface area contributed by atoms with Gasteiger partial charge in [-0.1, -0.05) is 132 Å². The van der Waals surface area contributed by atoms with Crippen LogP contribution in [-0.4, -0.2) is 0 Å². The number of hydrogen-bond donors (Lipinski definition) is 0. The fourth-order valence-electron chi connectivity index (χ4n) is 3.45. The summed E-state index contributed by atoms with van der Waals surface area (Å²) in [6, 6.07) is 51.4. The fraction of sp³-hybridized carbons (Fsp3) is 0. The van der Waals surface area contributed by atoms with Crippen molar-refractivity contribution in [2.45, 2.75) is 0 Å². The van der Waals surface area contributed by atoms with Crippen molar-refractivity contribution in [1.29, 1.82) is 0 Å². The van der Waals surface area contributed by atoms with Crippen LogP contribution < -0.4 is 26.5 Å². The maximum absolute atomic E-state index is 12.0. The minimum Gasteiger partial charge on any atom is -0.0622 e. The topological polar surface area (TPSA) is 17.1 Å². The van der Waals surface area contributed by atoms with E-state index in [9.17, 15) is 4.57 Å². The Hall–Kier alpha value is -3.37. The maximum Gasteiger partial charge on any atom is 0.415 e. The smallest absolute Gasteiger partial charge is 0.0622 e. The van der Waals surface area contributed by atoms with E-state index in [0.29, 0.717) is 0 Å². The lowest BCUT2D eigenvalue weighted by molar-refractivity contribution is 0.598. The van der Waals surface area contributed by atoms with Crippen LogP contribution in [0, 0.1) is 0 Å². The Labute approximate surface area is 198 Å². The van der Waals surface area contributed by atoms with E-state index in [0.717, 1.165) is 10.6 Å². The predicted molar refractivity (Wildman–Crippen MR) is 145 cm³/mol. The molecule has 0 aliphatic carbocycles. The van der Waals surface area contributed by atoms with Gasteiger partial charge in [0.15, 0.2) is 10.6 Å². The van der Waals surface area contributed by atoms with E-state index < -0.39 is 15.7 Å². The van der Waals surface area contributed by atoms with E-state index in [1.54, 1.807) is 0 Å². The molecule has 0 atom stereocenters. The van der Waals surface area contributed by atoms with Crippen molar-refractivity contribution < 1.29 is 4.57 Å². The monoisotopic (exact) mass is 463 g/mol. The van der Waals surface area contributed by atoms with Crippen molar-refractivity contribution >= 4 is 42.2 Å². The molecule has 0 saturated heterocycles. The Bertz CT molecular complexity index is 1110. The van der Waals surface area contributed by atoms with Crippen LogP contribution in [0.15, 0.2) is 152 Å². The average molecular weight is 463 g/mol. The van der Waals surface area contributed by atoms with Crippen LogP contribution in [0.25, 0.3) is 0 Å². The van der Waals surface area contributed by atoms with Crippen LogP contribution in [0.2, 0.25) is 0 Å². The van der Waals surface area contributed by atoms with Crippen LogP contribution in [0.3, 0.4) is 0 Å². The molecule has 5 aromatic carbocycles. The third-order valence-corrected chi connectivity index (χ3v) is 9.00. The molecule has 0 aliphatic rings. The van der Waals surface area contributed by atoms with E-state index in [1.807, 2.05) is 60.7 Å². The number of hydrogen-bond acceptors (Lipinski definition) is 1. The molecule has 0 saturated carbocycles. The van der Waals surface area contributed by atoms with Crippen LogP contribution in [0.4, 0.5) is 0 Å². The van der Waals surface area contributed by atoms with E-state index in [2.05, 4.69) is 91.0 Å². The number of benzene rings is 5. The first-order chi connectivity index (χ1) is 16.3. The molecule has 160 valence electrons. The van der Waals surface area contributed by atoms with Gasteiger partial charge in [-0.2, -0.15) is 0 Å². The normalized spacial score (nSPS) is 10.2. The molecule has 0 N–H and O–H groups in total. The average Bonchev–Trinajstić information content (AvgIpc) is 2.92. The van der Waals surface area contributed by atoms with Crippen molar-refractivity contribution in [2.24, 2.45) is 0 Å². The molecule has 33 heavy (non-hydrogen) atoms. The van der Waals surface area contributed by atoms with Gasteiger partial charge in [0.2, 0.25) is 0 Å². The minimum absolute atomic E-state index is 0.446. The first-order valence-electron chi connectivity index (χ1n) is 10.9. The van der Waals surface area contributed by atoms with Gasteiger partial charge in [-0.25, -0.2) is 0 Å². The van der Waals surface area contributed by atoms with Crippen molar-refractivity contribution in [3.05, 3.63) is 152 Å². The first-order valence-corrected chi connectivity index (χ1v) is 13.5. The van der Waals surface area contributed by atoms with Gasteiger partial charge in [-0.05, 0) is 48.1 Å². The maximum atomic E-state index is 12.0. The molecule has 0 heterocycles. The highest BCUT2D eigenvalue weighted by Gasteiger charge is 2.21. The molecule has 0 unspecified atom stereocenters. The molecular weight excluding hydrogens is 438 g/mol. The Morgan fingerprint density at radius 2 is 0.606 bits per heavy atom. The molecule has 3 heteroatoms. The molecule has 0 bridgehead atoms. The van der Waals surface area contributed by atoms with Crippen LogP contribution >= 0.6 is 15.7 Å². The summed E-state index contributed by atoms with van der Waals surface area (Å²) in [4.78, 5) is 0. The molecule has 1 nitrogen and oxygen atoms in total. The highest BCUT2D eigenvalue weighted by molar-refractivity contribution is 7.79. The third-order valence-electron chi connectivity index (χ3n) is 5.02. The highest BCUT2D eigenvalue weighted by atomic mass is 31.1. The molecule has 0 fully saturated rings. The van der Waals surface area contributed by atoms with E-state index in [4.69, 9.17) is 0 Å². The van der Waals surface area contributed by atoms with Crippen LogP contribution in [0.5, 0.6) is 0 Å². The van der Waals surface area contributed by atoms with Crippen molar-refractivity contribution in [3.8, 4) is 0 Å². The SMILES string of the molecule is O=[P+](c1ccccc1)c1ccccc1.c1ccc(P(c2ccccc2)c2ccccc2)cc1. The predicted octanol–water partition coefficient (Wildman–Crippen LogP) is 5.91. The van der Waals surface area contributed by atoms with Gasteiger partial charge in [-0.3, -0.25) is 0 Å². The zero-order valence-corrected chi connectivity index (χ0v) is 20.0. The summed E-state index contributed by atoms with van der Waals surface area (Å²) >= 11 is 0. The molecule has 5 aromatic rings. The van der Waals surface area contributed by atoms with E-state index in [-0.39, 0.29) is 0 Å². The fourth-order valence-corrected chi connectivity index (χ4v) is 6.94. The summed E-state index contributed by atoms with van der Waals surface area (Å²) in [6.45, 7) is 0. The summed E-state index contributed by atoms with van der Waals surface area (Å²) < 4.78 is 12.0. The Balaban J connectivity index is 0.000000165. The third kappa shape index (κ3) is 6.33. The molecule has 0 aromatic heterocycles. The quantitative estimate of drug-likeness (QED) is 0.296. The van der Waals surface area contributed by atoms with Gasteiger partial charge in [-0.15, -0.1) is 0 Å². The van der Waals surface area contributed by atoms with Crippen LogP contribution in [0.1, 0.15) is 0 Å². The lowest BCUT2D eigenvalue weighted by atomic mass is 10.4. The summed E-state index contributed by atoms with van der Waals surface area (Å²) in [5.74, 6) is 0. The molecule has 0 spiro atoms.